The first-order valence-corrected chi connectivity index (χ1v) is 8.61. The van der Waals surface area contributed by atoms with Gasteiger partial charge in [0.25, 0.3) is 0 Å². The highest BCUT2D eigenvalue weighted by molar-refractivity contribution is 7.71. The van der Waals surface area contributed by atoms with E-state index in [1.54, 1.807) is 4.57 Å². The topological polar surface area (TPSA) is 71.9 Å². The molecule has 6 nitrogen and oxygen atoms in total. The molecule has 0 spiro atoms. The Labute approximate surface area is 147 Å². The number of H-pyrrole nitrogens is 1. The molecule has 2 N–H and O–H groups in total. The predicted molar refractivity (Wildman–Crippen MR) is 95.7 cm³/mol. The number of aryl methyl sites for hydroxylation is 2. The number of benzene rings is 1. The van der Waals surface area contributed by atoms with E-state index in [0.717, 1.165) is 30.8 Å². The van der Waals surface area contributed by atoms with E-state index in [-0.39, 0.29) is 12.5 Å². The zero-order valence-electron chi connectivity index (χ0n) is 14.2. The van der Waals surface area contributed by atoms with Crippen LogP contribution in [0, 0.1) is 11.7 Å². The lowest BCUT2D eigenvalue weighted by atomic mass is 10.2. The Balaban J connectivity index is 1.69. The number of carbonyl (C=O) groups is 1. The van der Waals surface area contributed by atoms with E-state index in [9.17, 15) is 4.79 Å². The molecule has 1 aromatic heterocycles. The molecule has 1 heterocycles. The van der Waals surface area contributed by atoms with Crippen molar-refractivity contribution in [2.75, 3.05) is 13.2 Å². The molecule has 0 fully saturated rings. The average molecular weight is 348 g/mol. The Morgan fingerprint density at radius 1 is 1.38 bits per heavy atom. The molecule has 0 saturated heterocycles. The number of aromatic amines is 1. The molecular formula is C17H24N4O2S. The van der Waals surface area contributed by atoms with Crippen LogP contribution in [0.25, 0.3) is 0 Å². The number of hydrogen-bond acceptors (Lipinski definition) is 4. The lowest BCUT2D eigenvalue weighted by Crippen LogP contribution is -2.29. The van der Waals surface area contributed by atoms with Crippen molar-refractivity contribution in [3.63, 3.8) is 0 Å². The maximum Gasteiger partial charge on any atom is 0.240 e. The summed E-state index contributed by atoms with van der Waals surface area (Å²) in [5.41, 5.74) is 1.20. The van der Waals surface area contributed by atoms with Gasteiger partial charge in [-0.25, -0.2) is 0 Å². The van der Waals surface area contributed by atoms with Gasteiger partial charge in [-0.05, 0) is 44.1 Å². The van der Waals surface area contributed by atoms with Gasteiger partial charge >= 0.3 is 0 Å². The number of ether oxygens (including phenoxy) is 1. The molecule has 0 radical (unpaired) electrons. The van der Waals surface area contributed by atoms with Crippen molar-refractivity contribution in [2.45, 2.75) is 39.7 Å². The number of amides is 1. The first kappa shape index (κ1) is 18.2. The van der Waals surface area contributed by atoms with Crippen molar-refractivity contribution in [3.8, 4) is 5.75 Å². The Morgan fingerprint density at radius 2 is 2.12 bits per heavy atom. The number of carbonyl (C=O) groups excluding carboxylic acids is 1. The number of nitrogens with zero attached hydrogens (tertiary/aromatic N) is 2. The molecule has 0 bridgehead atoms. The van der Waals surface area contributed by atoms with E-state index in [1.807, 2.05) is 31.2 Å². The van der Waals surface area contributed by atoms with Crippen molar-refractivity contribution in [3.05, 3.63) is 40.4 Å². The van der Waals surface area contributed by atoms with Gasteiger partial charge in [0.2, 0.25) is 5.91 Å². The number of aromatic nitrogens is 3. The fraction of sp³-hybridized carbons (Fsp3) is 0.471. The summed E-state index contributed by atoms with van der Waals surface area (Å²) >= 11 is 5.17. The molecule has 0 saturated carbocycles. The van der Waals surface area contributed by atoms with Crippen molar-refractivity contribution >= 4 is 18.1 Å². The summed E-state index contributed by atoms with van der Waals surface area (Å²) in [6.07, 6.45) is 2.50. The minimum absolute atomic E-state index is 0.0693. The minimum atomic E-state index is -0.0693. The van der Waals surface area contributed by atoms with E-state index >= 15 is 0 Å². The van der Waals surface area contributed by atoms with Gasteiger partial charge in [0.05, 0.1) is 6.61 Å². The third kappa shape index (κ3) is 5.49. The quantitative estimate of drug-likeness (QED) is 0.540. The van der Waals surface area contributed by atoms with Crippen LogP contribution in [0.3, 0.4) is 0 Å². The standard InChI is InChI=1S/C17H24N4O2S/c1-3-5-15-19-20-17(24)21(15)12-16(22)18-10-4-11-23-14-8-6-13(2)7-9-14/h6-9H,3-5,10-12H2,1-2H3,(H,18,22)(H,20,24). The summed E-state index contributed by atoms with van der Waals surface area (Å²) in [4.78, 5) is 12.0. The zero-order chi connectivity index (χ0) is 17.4. The second-order valence-corrected chi connectivity index (χ2v) is 6.03. The predicted octanol–water partition coefficient (Wildman–Crippen LogP) is 2.79. The highest BCUT2D eigenvalue weighted by Gasteiger charge is 2.09. The molecule has 0 aliphatic rings. The molecule has 1 aromatic carbocycles. The smallest absolute Gasteiger partial charge is 0.240 e. The number of nitrogens with one attached hydrogen (secondary N) is 2. The fourth-order valence-corrected chi connectivity index (χ4v) is 2.47. The Hall–Kier alpha value is -2.15. The molecular weight excluding hydrogens is 324 g/mol. The Morgan fingerprint density at radius 3 is 2.83 bits per heavy atom. The minimum Gasteiger partial charge on any atom is -0.494 e. The molecule has 7 heteroatoms. The molecule has 130 valence electrons. The third-order valence-electron chi connectivity index (χ3n) is 3.55. The maximum absolute atomic E-state index is 12.0. The first-order chi connectivity index (χ1) is 11.6. The summed E-state index contributed by atoms with van der Waals surface area (Å²) in [7, 11) is 0. The molecule has 2 aromatic rings. The Bertz CT molecular complexity index is 706. The van der Waals surface area contributed by atoms with Gasteiger partial charge in [-0.1, -0.05) is 24.6 Å². The highest BCUT2D eigenvalue weighted by Crippen LogP contribution is 2.11. The summed E-state index contributed by atoms with van der Waals surface area (Å²) in [5.74, 6) is 1.60. The second kappa shape index (κ2) is 9.22. The van der Waals surface area contributed by atoms with Crippen LogP contribution in [-0.2, 0) is 17.8 Å². The summed E-state index contributed by atoms with van der Waals surface area (Å²) < 4.78 is 7.86. The fourth-order valence-electron chi connectivity index (χ4n) is 2.25. The molecule has 0 atom stereocenters. The molecule has 24 heavy (non-hydrogen) atoms. The molecule has 2 rings (SSSR count). The largest absolute Gasteiger partial charge is 0.494 e. The summed E-state index contributed by atoms with van der Waals surface area (Å²) in [6.45, 7) is 5.44. The van der Waals surface area contributed by atoms with E-state index in [4.69, 9.17) is 17.0 Å². The van der Waals surface area contributed by atoms with Crippen molar-refractivity contribution in [2.24, 2.45) is 0 Å². The van der Waals surface area contributed by atoms with Gasteiger partial charge < -0.3 is 10.1 Å². The van der Waals surface area contributed by atoms with E-state index in [1.165, 1.54) is 5.56 Å². The Kier molecular flexibility index (Phi) is 6.99. The monoisotopic (exact) mass is 348 g/mol. The van der Waals surface area contributed by atoms with Crippen LogP contribution in [0.5, 0.6) is 5.75 Å². The van der Waals surface area contributed by atoms with Gasteiger partial charge in [0.1, 0.15) is 18.1 Å². The van der Waals surface area contributed by atoms with Gasteiger partial charge in [0, 0.05) is 13.0 Å². The van der Waals surface area contributed by atoms with E-state index in [0.29, 0.717) is 17.9 Å². The van der Waals surface area contributed by atoms with Crippen LogP contribution < -0.4 is 10.1 Å². The lowest BCUT2D eigenvalue weighted by Gasteiger charge is -2.09. The van der Waals surface area contributed by atoms with Crippen LogP contribution in [0.1, 0.15) is 31.2 Å². The summed E-state index contributed by atoms with van der Waals surface area (Å²) in [6, 6.07) is 7.92. The number of hydrogen-bond donors (Lipinski definition) is 2. The lowest BCUT2D eigenvalue weighted by molar-refractivity contribution is -0.121. The van der Waals surface area contributed by atoms with Crippen molar-refractivity contribution in [1.29, 1.82) is 0 Å². The maximum atomic E-state index is 12.0. The normalized spacial score (nSPS) is 10.6. The van der Waals surface area contributed by atoms with Gasteiger partial charge in [0.15, 0.2) is 4.77 Å². The van der Waals surface area contributed by atoms with Crippen molar-refractivity contribution < 1.29 is 9.53 Å². The van der Waals surface area contributed by atoms with Crippen molar-refractivity contribution in [1.82, 2.24) is 20.1 Å². The van der Waals surface area contributed by atoms with Crippen LogP contribution in [0.15, 0.2) is 24.3 Å². The van der Waals surface area contributed by atoms with Crippen LogP contribution >= 0.6 is 12.2 Å². The average Bonchev–Trinajstić information content (AvgIpc) is 2.90. The van der Waals surface area contributed by atoms with E-state index < -0.39 is 0 Å². The number of rotatable bonds is 9. The molecule has 0 aliphatic carbocycles. The van der Waals surface area contributed by atoms with Crippen LogP contribution in [-0.4, -0.2) is 33.8 Å². The molecule has 0 unspecified atom stereocenters. The van der Waals surface area contributed by atoms with Gasteiger partial charge in [-0.2, -0.15) is 5.10 Å². The third-order valence-corrected chi connectivity index (χ3v) is 3.86. The first-order valence-electron chi connectivity index (χ1n) is 8.20. The SMILES string of the molecule is CCCc1n[nH]c(=S)n1CC(=O)NCCCOc1ccc(C)cc1. The summed E-state index contributed by atoms with van der Waals surface area (Å²) in [5, 5.41) is 9.78. The molecule has 0 aliphatic heterocycles. The second-order valence-electron chi connectivity index (χ2n) is 5.65. The highest BCUT2D eigenvalue weighted by atomic mass is 32.1. The van der Waals surface area contributed by atoms with Crippen LogP contribution in [0.4, 0.5) is 0 Å². The van der Waals surface area contributed by atoms with Gasteiger partial charge in [-0.15, -0.1) is 0 Å². The molecule has 1 amide bonds. The van der Waals surface area contributed by atoms with Gasteiger partial charge in [-0.3, -0.25) is 14.5 Å². The zero-order valence-corrected chi connectivity index (χ0v) is 15.0. The van der Waals surface area contributed by atoms with Crippen LogP contribution in [0.2, 0.25) is 0 Å². The van der Waals surface area contributed by atoms with E-state index in [2.05, 4.69) is 22.4 Å².